The van der Waals surface area contributed by atoms with Crippen LogP contribution in [0.4, 0.5) is 11.4 Å². The molecule has 0 saturated heterocycles. The maximum atomic E-state index is 12.5. The lowest BCUT2D eigenvalue weighted by molar-refractivity contribution is -0.122. The van der Waals surface area contributed by atoms with Gasteiger partial charge in [0.05, 0.1) is 23.8 Å². The van der Waals surface area contributed by atoms with E-state index in [1.54, 1.807) is 43.1 Å². The lowest BCUT2D eigenvalue weighted by Crippen LogP contribution is -2.43. The number of para-hydroxylation sites is 1. The summed E-state index contributed by atoms with van der Waals surface area (Å²) >= 11 is 0. The van der Waals surface area contributed by atoms with Crippen LogP contribution in [0, 0.1) is 32.1 Å². The van der Waals surface area contributed by atoms with Gasteiger partial charge in [-0.15, -0.1) is 0 Å². The standard InChI is InChI=1S/C22H26N4O2/c1-14-10-15(2)21(16(3)11-14)25-20(27)13-26(5)17(4)22(28)24-19-9-7-6-8-18(19)12-23/h6-11,17H,13H2,1-5H3,(H,24,28)(H,25,27)/t17-/m0/s1. The summed E-state index contributed by atoms with van der Waals surface area (Å²) in [5.74, 6) is -0.463. The molecule has 6 nitrogen and oxygen atoms in total. The summed E-state index contributed by atoms with van der Waals surface area (Å²) in [5.41, 5.74) is 4.83. The second-order valence-electron chi connectivity index (χ2n) is 7.06. The van der Waals surface area contributed by atoms with Crippen molar-refractivity contribution in [3.8, 4) is 6.07 Å². The molecule has 0 aliphatic carbocycles. The highest BCUT2D eigenvalue weighted by Gasteiger charge is 2.21. The van der Waals surface area contributed by atoms with Crippen molar-refractivity contribution in [3.05, 3.63) is 58.7 Å². The zero-order valence-electron chi connectivity index (χ0n) is 17.0. The average molecular weight is 378 g/mol. The van der Waals surface area contributed by atoms with E-state index in [0.717, 1.165) is 22.4 Å². The smallest absolute Gasteiger partial charge is 0.241 e. The third-order valence-corrected chi connectivity index (χ3v) is 4.68. The molecule has 0 bridgehead atoms. The number of anilines is 2. The quantitative estimate of drug-likeness (QED) is 0.807. The van der Waals surface area contributed by atoms with Gasteiger partial charge in [0.25, 0.3) is 0 Å². The van der Waals surface area contributed by atoms with Crippen LogP contribution in [0.15, 0.2) is 36.4 Å². The molecule has 2 rings (SSSR count). The molecule has 0 aromatic heterocycles. The molecule has 2 aromatic rings. The molecule has 2 amide bonds. The summed E-state index contributed by atoms with van der Waals surface area (Å²) < 4.78 is 0. The van der Waals surface area contributed by atoms with Crippen LogP contribution in [-0.4, -0.2) is 36.3 Å². The molecule has 1 atom stereocenters. The van der Waals surface area contributed by atoms with Crippen molar-refractivity contribution >= 4 is 23.2 Å². The summed E-state index contributed by atoms with van der Waals surface area (Å²) in [7, 11) is 1.72. The van der Waals surface area contributed by atoms with Gasteiger partial charge < -0.3 is 10.6 Å². The maximum Gasteiger partial charge on any atom is 0.241 e. The van der Waals surface area contributed by atoms with Gasteiger partial charge in [0.1, 0.15) is 6.07 Å². The van der Waals surface area contributed by atoms with Gasteiger partial charge in [-0.05, 0) is 58.0 Å². The Morgan fingerprint density at radius 1 is 1.11 bits per heavy atom. The highest BCUT2D eigenvalue weighted by atomic mass is 16.2. The Kier molecular flexibility index (Phi) is 6.91. The number of carbonyl (C=O) groups excluding carboxylic acids is 2. The second-order valence-corrected chi connectivity index (χ2v) is 7.06. The van der Waals surface area contributed by atoms with E-state index < -0.39 is 6.04 Å². The third-order valence-electron chi connectivity index (χ3n) is 4.68. The van der Waals surface area contributed by atoms with E-state index in [0.29, 0.717) is 11.3 Å². The Hall–Kier alpha value is -3.17. The average Bonchev–Trinajstić information content (AvgIpc) is 2.64. The van der Waals surface area contributed by atoms with Crippen LogP contribution in [0.2, 0.25) is 0 Å². The van der Waals surface area contributed by atoms with Gasteiger partial charge in [-0.1, -0.05) is 29.8 Å². The SMILES string of the molecule is Cc1cc(C)c(NC(=O)CN(C)[C@@H](C)C(=O)Nc2ccccc2C#N)c(C)c1. The molecule has 0 aliphatic heterocycles. The van der Waals surface area contributed by atoms with Crippen LogP contribution >= 0.6 is 0 Å². The fraction of sp³-hybridized carbons (Fsp3) is 0.318. The number of nitrogens with zero attached hydrogens (tertiary/aromatic N) is 2. The van der Waals surface area contributed by atoms with Crippen molar-refractivity contribution in [3.63, 3.8) is 0 Å². The highest BCUT2D eigenvalue weighted by Crippen LogP contribution is 2.22. The molecule has 146 valence electrons. The summed E-state index contributed by atoms with van der Waals surface area (Å²) in [6.45, 7) is 7.73. The Morgan fingerprint density at radius 3 is 2.32 bits per heavy atom. The van der Waals surface area contributed by atoms with Crippen molar-refractivity contribution in [2.75, 3.05) is 24.2 Å². The number of nitrogens with one attached hydrogen (secondary N) is 2. The van der Waals surface area contributed by atoms with Gasteiger partial charge in [-0.25, -0.2) is 0 Å². The summed E-state index contributed by atoms with van der Waals surface area (Å²) in [4.78, 5) is 26.6. The number of hydrogen-bond acceptors (Lipinski definition) is 4. The molecule has 0 radical (unpaired) electrons. The first kappa shape index (κ1) is 21.1. The van der Waals surface area contributed by atoms with Crippen molar-refractivity contribution in [1.29, 1.82) is 5.26 Å². The van der Waals surface area contributed by atoms with Crippen molar-refractivity contribution in [2.24, 2.45) is 0 Å². The van der Waals surface area contributed by atoms with Gasteiger partial charge in [-0.3, -0.25) is 14.5 Å². The maximum absolute atomic E-state index is 12.5. The van der Waals surface area contributed by atoms with Crippen molar-refractivity contribution < 1.29 is 9.59 Å². The monoisotopic (exact) mass is 378 g/mol. The number of benzene rings is 2. The molecule has 0 aliphatic rings. The van der Waals surface area contributed by atoms with Gasteiger partial charge in [-0.2, -0.15) is 5.26 Å². The van der Waals surface area contributed by atoms with E-state index in [9.17, 15) is 9.59 Å². The summed E-state index contributed by atoms with van der Waals surface area (Å²) in [6, 6.07) is 12.4. The molecular formula is C22H26N4O2. The molecule has 0 spiro atoms. The van der Waals surface area contributed by atoms with Crippen molar-refractivity contribution in [2.45, 2.75) is 33.7 Å². The molecule has 0 saturated carbocycles. The van der Waals surface area contributed by atoms with Gasteiger partial charge in [0.2, 0.25) is 11.8 Å². The van der Waals surface area contributed by atoms with E-state index in [2.05, 4.69) is 16.7 Å². The zero-order chi connectivity index (χ0) is 20.8. The van der Waals surface area contributed by atoms with Gasteiger partial charge >= 0.3 is 0 Å². The van der Waals surface area contributed by atoms with E-state index >= 15 is 0 Å². The second kappa shape index (κ2) is 9.16. The number of rotatable bonds is 6. The largest absolute Gasteiger partial charge is 0.324 e. The minimum absolute atomic E-state index is 0.0707. The fourth-order valence-corrected chi connectivity index (χ4v) is 3.05. The minimum Gasteiger partial charge on any atom is -0.324 e. The topological polar surface area (TPSA) is 85.2 Å². The van der Waals surface area contributed by atoms with E-state index in [4.69, 9.17) is 5.26 Å². The van der Waals surface area contributed by atoms with Crippen LogP contribution in [0.5, 0.6) is 0 Å². The number of aryl methyl sites for hydroxylation is 3. The van der Waals surface area contributed by atoms with Crippen LogP contribution in [-0.2, 0) is 9.59 Å². The summed E-state index contributed by atoms with van der Waals surface area (Å²) in [6.07, 6.45) is 0. The Labute approximate surface area is 166 Å². The highest BCUT2D eigenvalue weighted by molar-refractivity contribution is 5.97. The van der Waals surface area contributed by atoms with Crippen LogP contribution in [0.1, 0.15) is 29.2 Å². The number of hydrogen-bond donors (Lipinski definition) is 2. The predicted molar refractivity (Wildman–Crippen MR) is 111 cm³/mol. The van der Waals surface area contributed by atoms with Crippen LogP contribution < -0.4 is 10.6 Å². The Morgan fingerprint density at radius 2 is 1.71 bits per heavy atom. The normalized spacial score (nSPS) is 11.6. The number of carbonyl (C=O) groups is 2. The first-order valence-electron chi connectivity index (χ1n) is 9.11. The Balaban J connectivity index is 2.00. The first-order valence-corrected chi connectivity index (χ1v) is 9.11. The molecule has 0 fully saturated rings. The van der Waals surface area contributed by atoms with Gasteiger partial charge in [0.15, 0.2) is 0 Å². The molecule has 2 aromatic carbocycles. The summed E-state index contributed by atoms with van der Waals surface area (Å²) in [5, 5.41) is 14.8. The third kappa shape index (κ3) is 5.18. The molecule has 6 heteroatoms. The van der Waals surface area contributed by atoms with Crippen LogP contribution in [0.25, 0.3) is 0 Å². The van der Waals surface area contributed by atoms with E-state index in [1.165, 1.54) is 0 Å². The lowest BCUT2D eigenvalue weighted by Gasteiger charge is -2.24. The van der Waals surface area contributed by atoms with E-state index in [-0.39, 0.29) is 18.4 Å². The van der Waals surface area contributed by atoms with Crippen molar-refractivity contribution in [1.82, 2.24) is 4.90 Å². The molecule has 0 unspecified atom stereocenters. The predicted octanol–water partition coefficient (Wildman–Crippen LogP) is 3.38. The van der Waals surface area contributed by atoms with Gasteiger partial charge in [0, 0.05) is 5.69 Å². The molecule has 2 N–H and O–H groups in total. The Bertz CT molecular complexity index is 907. The number of amides is 2. The lowest BCUT2D eigenvalue weighted by atomic mass is 10.1. The zero-order valence-corrected chi connectivity index (χ0v) is 17.0. The molecule has 0 heterocycles. The molecule has 28 heavy (non-hydrogen) atoms. The first-order chi connectivity index (χ1) is 13.2. The number of likely N-dealkylation sites (N-methyl/N-ethyl adjacent to an activating group) is 1. The minimum atomic E-state index is -0.544. The van der Waals surface area contributed by atoms with E-state index in [1.807, 2.05) is 32.9 Å². The number of nitriles is 1. The van der Waals surface area contributed by atoms with Crippen LogP contribution in [0.3, 0.4) is 0 Å². The molecular weight excluding hydrogens is 352 g/mol. The fourth-order valence-electron chi connectivity index (χ4n) is 3.05.